The van der Waals surface area contributed by atoms with Crippen molar-refractivity contribution in [3.8, 4) is 0 Å². The number of hydrogen-bond donors (Lipinski definition) is 3. The molecule has 0 aliphatic carbocycles. The zero-order valence-corrected chi connectivity index (χ0v) is 8.94. The number of urea groups is 1. The quantitative estimate of drug-likeness (QED) is 0.571. The molecule has 82 valence electrons. The lowest BCUT2D eigenvalue weighted by molar-refractivity contribution is 0.242. The van der Waals surface area contributed by atoms with Crippen molar-refractivity contribution >= 4 is 6.03 Å². The molecule has 0 aromatic carbocycles. The van der Waals surface area contributed by atoms with Crippen molar-refractivity contribution in [3.63, 3.8) is 0 Å². The third-order valence-corrected chi connectivity index (χ3v) is 2.71. The first kappa shape index (κ1) is 11.3. The van der Waals surface area contributed by atoms with E-state index in [2.05, 4.69) is 16.0 Å². The largest absolute Gasteiger partial charge is 0.341 e. The van der Waals surface area contributed by atoms with Crippen LogP contribution in [0.3, 0.4) is 0 Å². The van der Waals surface area contributed by atoms with E-state index in [0.717, 1.165) is 18.9 Å². The summed E-state index contributed by atoms with van der Waals surface area (Å²) >= 11 is 0. The number of carbonyl (C=O) groups is 1. The van der Waals surface area contributed by atoms with Gasteiger partial charge in [-0.05, 0) is 38.3 Å². The SMILES string of the molecule is CNC(=O)NCCCCC1CCNC1. The molecule has 4 nitrogen and oxygen atoms in total. The minimum absolute atomic E-state index is 0.0764. The summed E-state index contributed by atoms with van der Waals surface area (Å²) in [5.41, 5.74) is 0. The highest BCUT2D eigenvalue weighted by Gasteiger charge is 2.13. The Morgan fingerprint density at radius 3 is 3.00 bits per heavy atom. The monoisotopic (exact) mass is 199 g/mol. The van der Waals surface area contributed by atoms with E-state index in [1.165, 1.54) is 32.4 Å². The molecule has 1 rings (SSSR count). The van der Waals surface area contributed by atoms with Crippen LogP contribution in [0.2, 0.25) is 0 Å². The molecule has 0 aromatic rings. The molecule has 0 spiro atoms. The molecule has 1 heterocycles. The van der Waals surface area contributed by atoms with E-state index in [-0.39, 0.29) is 6.03 Å². The normalized spacial score (nSPS) is 20.8. The summed E-state index contributed by atoms with van der Waals surface area (Å²) in [7, 11) is 1.64. The number of amides is 2. The van der Waals surface area contributed by atoms with Gasteiger partial charge in [0.25, 0.3) is 0 Å². The lowest BCUT2D eigenvalue weighted by Gasteiger charge is -2.08. The number of unbranched alkanes of at least 4 members (excludes halogenated alkanes) is 1. The van der Waals surface area contributed by atoms with E-state index in [0.29, 0.717) is 0 Å². The fourth-order valence-electron chi connectivity index (χ4n) is 1.81. The first-order chi connectivity index (χ1) is 6.83. The van der Waals surface area contributed by atoms with E-state index in [1.807, 2.05) is 0 Å². The summed E-state index contributed by atoms with van der Waals surface area (Å²) < 4.78 is 0. The Bertz CT molecular complexity index is 167. The summed E-state index contributed by atoms with van der Waals surface area (Å²) in [5.74, 6) is 0.870. The van der Waals surface area contributed by atoms with Crippen molar-refractivity contribution in [1.29, 1.82) is 0 Å². The van der Waals surface area contributed by atoms with Crippen molar-refractivity contribution in [2.24, 2.45) is 5.92 Å². The van der Waals surface area contributed by atoms with Gasteiger partial charge in [-0.25, -0.2) is 4.79 Å². The molecule has 1 fully saturated rings. The van der Waals surface area contributed by atoms with Gasteiger partial charge in [-0.1, -0.05) is 6.42 Å². The maximum atomic E-state index is 10.8. The number of hydrogen-bond acceptors (Lipinski definition) is 2. The molecule has 1 saturated heterocycles. The molecule has 4 heteroatoms. The van der Waals surface area contributed by atoms with Crippen LogP contribution in [-0.4, -0.2) is 32.7 Å². The predicted octanol–water partition coefficient (Wildman–Crippen LogP) is 0.695. The van der Waals surface area contributed by atoms with Crippen LogP contribution in [0.15, 0.2) is 0 Å². The van der Waals surface area contributed by atoms with Gasteiger partial charge in [-0.15, -0.1) is 0 Å². The van der Waals surface area contributed by atoms with E-state index in [1.54, 1.807) is 7.05 Å². The first-order valence-electron chi connectivity index (χ1n) is 5.49. The van der Waals surface area contributed by atoms with Crippen LogP contribution in [-0.2, 0) is 0 Å². The molecule has 14 heavy (non-hydrogen) atoms. The van der Waals surface area contributed by atoms with Crippen LogP contribution in [0.25, 0.3) is 0 Å². The first-order valence-corrected chi connectivity index (χ1v) is 5.49. The Morgan fingerprint density at radius 1 is 1.50 bits per heavy atom. The summed E-state index contributed by atoms with van der Waals surface area (Å²) in [4.78, 5) is 10.8. The van der Waals surface area contributed by atoms with Gasteiger partial charge in [0, 0.05) is 13.6 Å². The summed E-state index contributed by atoms with van der Waals surface area (Å²) in [6.07, 6.45) is 4.92. The summed E-state index contributed by atoms with van der Waals surface area (Å²) in [5, 5.41) is 8.69. The van der Waals surface area contributed by atoms with Crippen molar-refractivity contribution in [3.05, 3.63) is 0 Å². The lowest BCUT2D eigenvalue weighted by Crippen LogP contribution is -2.33. The zero-order valence-electron chi connectivity index (χ0n) is 8.94. The van der Waals surface area contributed by atoms with E-state index >= 15 is 0 Å². The number of rotatable bonds is 5. The standard InChI is InChI=1S/C10H21N3O/c1-11-10(14)13-6-3-2-4-9-5-7-12-8-9/h9,12H,2-8H2,1H3,(H2,11,13,14). The van der Waals surface area contributed by atoms with E-state index in [9.17, 15) is 4.79 Å². The Balaban J connectivity index is 1.86. The van der Waals surface area contributed by atoms with Gasteiger partial charge in [0.1, 0.15) is 0 Å². The summed E-state index contributed by atoms with van der Waals surface area (Å²) in [6, 6.07) is -0.0764. The molecular formula is C10H21N3O. The number of carbonyl (C=O) groups excluding carboxylic acids is 1. The average molecular weight is 199 g/mol. The molecule has 0 bridgehead atoms. The zero-order chi connectivity index (χ0) is 10.2. The number of nitrogens with one attached hydrogen (secondary N) is 3. The Hall–Kier alpha value is -0.770. The van der Waals surface area contributed by atoms with Gasteiger partial charge in [-0.2, -0.15) is 0 Å². The third kappa shape index (κ3) is 4.46. The van der Waals surface area contributed by atoms with Crippen LogP contribution in [0.5, 0.6) is 0 Å². The molecule has 2 amide bonds. The highest BCUT2D eigenvalue weighted by atomic mass is 16.2. The van der Waals surface area contributed by atoms with Gasteiger partial charge in [0.15, 0.2) is 0 Å². The fraction of sp³-hybridized carbons (Fsp3) is 0.900. The van der Waals surface area contributed by atoms with Gasteiger partial charge in [0.05, 0.1) is 0 Å². The Labute approximate surface area is 85.8 Å². The van der Waals surface area contributed by atoms with E-state index in [4.69, 9.17) is 0 Å². The highest BCUT2D eigenvalue weighted by Crippen LogP contribution is 2.14. The van der Waals surface area contributed by atoms with Gasteiger partial charge in [0.2, 0.25) is 0 Å². The highest BCUT2D eigenvalue weighted by molar-refractivity contribution is 5.73. The second-order valence-corrected chi connectivity index (χ2v) is 3.86. The third-order valence-electron chi connectivity index (χ3n) is 2.71. The molecule has 0 aromatic heterocycles. The molecule has 1 aliphatic rings. The van der Waals surface area contributed by atoms with E-state index < -0.39 is 0 Å². The van der Waals surface area contributed by atoms with Crippen LogP contribution >= 0.6 is 0 Å². The summed E-state index contributed by atoms with van der Waals surface area (Å²) in [6.45, 7) is 3.16. The smallest absolute Gasteiger partial charge is 0.314 e. The van der Waals surface area contributed by atoms with Gasteiger partial charge < -0.3 is 16.0 Å². The van der Waals surface area contributed by atoms with Crippen LogP contribution in [0, 0.1) is 5.92 Å². The van der Waals surface area contributed by atoms with Crippen LogP contribution < -0.4 is 16.0 Å². The predicted molar refractivity (Wildman–Crippen MR) is 57.3 cm³/mol. The van der Waals surface area contributed by atoms with Gasteiger partial charge in [-0.3, -0.25) is 0 Å². The van der Waals surface area contributed by atoms with Crippen molar-refractivity contribution in [2.75, 3.05) is 26.7 Å². The van der Waals surface area contributed by atoms with Crippen molar-refractivity contribution in [1.82, 2.24) is 16.0 Å². The maximum Gasteiger partial charge on any atom is 0.314 e. The molecule has 1 aliphatic heterocycles. The molecule has 1 atom stereocenters. The molecule has 0 radical (unpaired) electrons. The minimum Gasteiger partial charge on any atom is -0.341 e. The van der Waals surface area contributed by atoms with Crippen molar-refractivity contribution in [2.45, 2.75) is 25.7 Å². The molecule has 3 N–H and O–H groups in total. The topological polar surface area (TPSA) is 53.2 Å². The van der Waals surface area contributed by atoms with Crippen molar-refractivity contribution < 1.29 is 4.79 Å². The maximum absolute atomic E-state index is 10.8. The lowest BCUT2D eigenvalue weighted by atomic mass is 10.0. The fourth-order valence-corrected chi connectivity index (χ4v) is 1.81. The average Bonchev–Trinajstić information content (AvgIpc) is 2.69. The second-order valence-electron chi connectivity index (χ2n) is 3.86. The minimum atomic E-state index is -0.0764. The van der Waals surface area contributed by atoms with Crippen LogP contribution in [0.1, 0.15) is 25.7 Å². The Kier molecular flexibility index (Phi) is 5.37. The molecule has 1 unspecified atom stereocenters. The second kappa shape index (κ2) is 6.65. The molecule has 0 saturated carbocycles. The molecular weight excluding hydrogens is 178 g/mol. The van der Waals surface area contributed by atoms with Crippen LogP contribution in [0.4, 0.5) is 4.79 Å². The van der Waals surface area contributed by atoms with Gasteiger partial charge >= 0.3 is 6.03 Å². The Morgan fingerprint density at radius 2 is 2.36 bits per heavy atom.